The summed E-state index contributed by atoms with van der Waals surface area (Å²) in [5.74, 6) is -0.409. The summed E-state index contributed by atoms with van der Waals surface area (Å²) in [6.45, 7) is 12.7. The predicted molar refractivity (Wildman–Crippen MR) is 132 cm³/mol. The highest BCUT2D eigenvalue weighted by atomic mass is 16.6. The van der Waals surface area contributed by atoms with Gasteiger partial charge in [0, 0.05) is 0 Å². The smallest absolute Gasteiger partial charge is 0.339 e. The van der Waals surface area contributed by atoms with Crippen LogP contribution in [0.4, 0.5) is 0 Å². The van der Waals surface area contributed by atoms with Crippen LogP contribution in [0.2, 0.25) is 0 Å². The van der Waals surface area contributed by atoms with Gasteiger partial charge in [-0.05, 0) is 49.7 Å². The average molecular weight is 447 g/mol. The molecule has 0 radical (unpaired) electrons. The second-order valence-electron chi connectivity index (χ2n) is 9.62. The van der Waals surface area contributed by atoms with E-state index in [0.717, 1.165) is 38.5 Å². The van der Waals surface area contributed by atoms with Crippen LogP contribution in [-0.2, 0) is 9.47 Å². The fourth-order valence-corrected chi connectivity index (χ4v) is 3.84. The summed E-state index contributed by atoms with van der Waals surface area (Å²) >= 11 is 0. The van der Waals surface area contributed by atoms with E-state index in [9.17, 15) is 9.59 Å². The van der Waals surface area contributed by atoms with Crippen molar-refractivity contribution in [1.29, 1.82) is 0 Å². The Morgan fingerprint density at radius 3 is 1.34 bits per heavy atom. The third-order valence-corrected chi connectivity index (χ3v) is 6.06. The van der Waals surface area contributed by atoms with Crippen molar-refractivity contribution in [2.45, 2.75) is 118 Å². The van der Waals surface area contributed by atoms with E-state index in [1.165, 1.54) is 25.7 Å². The summed E-state index contributed by atoms with van der Waals surface area (Å²) < 4.78 is 11.7. The van der Waals surface area contributed by atoms with Gasteiger partial charge in [0.2, 0.25) is 0 Å². The molecule has 4 nitrogen and oxygen atoms in total. The Labute approximate surface area is 196 Å². The molecule has 0 heterocycles. The molecule has 2 atom stereocenters. The average Bonchev–Trinajstić information content (AvgIpc) is 2.77. The van der Waals surface area contributed by atoms with Crippen molar-refractivity contribution in [1.82, 2.24) is 0 Å². The maximum absolute atomic E-state index is 13.0. The molecule has 0 bridgehead atoms. The molecule has 0 N–H and O–H groups in total. The minimum absolute atomic E-state index is 0.148. The molecular weight excluding hydrogens is 400 g/mol. The maximum Gasteiger partial charge on any atom is 0.339 e. The summed E-state index contributed by atoms with van der Waals surface area (Å²) in [5.41, 5.74) is 0.593. The van der Waals surface area contributed by atoms with E-state index >= 15 is 0 Å². The van der Waals surface area contributed by atoms with Crippen LogP contribution in [0.25, 0.3) is 0 Å². The van der Waals surface area contributed by atoms with Gasteiger partial charge in [-0.1, -0.05) is 92.2 Å². The molecule has 0 aliphatic carbocycles. The van der Waals surface area contributed by atoms with E-state index in [2.05, 4.69) is 41.5 Å². The highest BCUT2D eigenvalue weighted by molar-refractivity contribution is 6.03. The number of hydrogen-bond acceptors (Lipinski definition) is 4. The third-order valence-electron chi connectivity index (χ3n) is 6.06. The number of ether oxygens (including phenoxy) is 2. The number of unbranched alkanes of at least 4 members (excludes halogenated alkanes) is 6. The van der Waals surface area contributed by atoms with Gasteiger partial charge in [0.1, 0.15) is 12.2 Å². The van der Waals surface area contributed by atoms with Crippen molar-refractivity contribution in [2.24, 2.45) is 11.8 Å². The zero-order valence-corrected chi connectivity index (χ0v) is 21.3. The molecule has 0 spiro atoms. The molecule has 4 heteroatoms. The van der Waals surface area contributed by atoms with Crippen LogP contribution < -0.4 is 0 Å². The van der Waals surface area contributed by atoms with Gasteiger partial charge in [0.15, 0.2) is 0 Å². The molecule has 1 aromatic rings. The van der Waals surface area contributed by atoms with E-state index < -0.39 is 11.9 Å². The number of esters is 2. The van der Waals surface area contributed by atoms with Crippen LogP contribution in [0.5, 0.6) is 0 Å². The van der Waals surface area contributed by atoms with Crippen molar-refractivity contribution in [3.05, 3.63) is 35.4 Å². The lowest BCUT2D eigenvalue weighted by Gasteiger charge is -2.23. The lowest BCUT2D eigenvalue weighted by atomic mass is 9.99. The molecule has 0 fully saturated rings. The minimum Gasteiger partial charge on any atom is -0.458 e. The first-order valence-corrected chi connectivity index (χ1v) is 12.8. The molecule has 0 aromatic heterocycles. The van der Waals surface area contributed by atoms with Crippen LogP contribution in [0.15, 0.2) is 24.3 Å². The Hall–Kier alpha value is -1.84. The quantitative estimate of drug-likeness (QED) is 0.191. The second-order valence-corrected chi connectivity index (χ2v) is 9.62. The molecule has 1 rings (SSSR count). The molecule has 1 aromatic carbocycles. The summed E-state index contributed by atoms with van der Waals surface area (Å²) in [6.07, 6.45) is 10.5. The zero-order valence-electron chi connectivity index (χ0n) is 21.3. The first-order chi connectivity index (χ1) is 15.3. The van der Waals surface area contributed by atoms with Gasteiger partial charge in [0.25, 0.3) is 0 Å². The fourth-order valence-electron chi connectivity index (χ4n) is 3.84. The number of rotatable bonds is 16. The molecule has 0 aliphatic rings. The van der Waals surface area contributed by atoms with E-state index in [-0.39, 0.29) is 24.0 Å². The summed E-state index contributed by atoms with van der Waals surface area (Å²) in [5, 5.41) is 0. The third kappa shape index (κ3) is 10.2. The van der Waals surface area contributed by atoms with Gasteiger partial charge in [-0.2, -0.15) is 0 Å². The maximum atomic E-state index is 13.0. The Morgan fingerprint density at radius 1 is 0.656 bits per heavy atom. The van der Waals surface area contributed by atoms with E-state index in [0.29, 0.717) is 11.1 Å². The first-order valence-electron chi connectivity index (χ1n) is 12.8. The number of benzene rings is 1. The van der Waals surface area contributed by atoms with Crippen LogP contribution in [0.3, 0.4) is 0 Å². The Morgan fingerprint density at radius 2 is 1.03 bits per heavy atom. The van der Waals surface area contributed by atoms with Crippen molar-refractivity contribution in [3.8, 4) is 0 Å². The van der Waals surface area contributed by atoms with Crippen molar-refractivity contribution < 1.29 is 19.1 Å². The number of carbonyl (C=O) groups is 2. The minimum atomic E-state index is -0.434. The predicted octanol–water partition coefficient (Wildman–Crippen LogP) is 7.99. The zero-order chi connectivity index (χ0) is 23.9. The van der Waals surface area contributed by atoms with Crippen molar-refractivity contribution in [3.63, 3.8) is 0 Å². The van der Waals surface area contributed by atoms with Crippen LogP contribution >= 0.6 is 0 Å². The van der Waals surface area contributed by atoms with Gasteiger partial charge in [-0.3, -0.25) is 0 Å². The highest BCUT2D eigenvalue weighted by Gasteiger charge is 2.26. The van der Waals surface area contributed by atoms with E-state index in [1.807, 2.05) is 0 Å². The van der Waals surface area contributed by atoms with Crippen LogP contribution in [0, 0.1) is 11.8 Å². The number of carbonyl (C=O) groups excluding carboxylic acids is 2. The largest absolute Gasteiger partial charge is 0.458 e. The summed E-state index contributed by atoms with van der Waals surface area (Å²) in [6, 6.07) is 6.87. The molecule has 0 aliphatic heterocycles. The molecule has 0 saturated heterocycles. The van der Waals surface area contributed by atoms with Crippen molar-refractivity contribution >= 4 is 11.9 Å². The van der Waals surface area contributed by atoms with E-state index in [1.54, 1.807) is 24.3 Å². The van der Waals surface area contributed by atoms with Gasteiger partial charge < -0.3 is 9.47 Å². The van der Waals surface area contributed by atoms with Gasteiger partial charge >= 0.3 is 11.9 Å². The normalized spacial score (nSPS) is 13.2. The molecular formula is C28H46O4. The van der Waals surface area contributed by atoms with Gasteiger partial charge in [-0.15, -0.1) is 0 Å². The number of hydrogen-bond donors (Lipinski definition) is 0. The standard InChI is InChI=1S/C28H46O4/c1-7-9-11-13-19-25(21(3)4)31-27(29)23-17-15-16-18-24(23)28(30)32-26(22(5)6)20-14-12-10-8-2/h15-18,21-22,25-26H,7-14,19-20H2,1-6H3. The Balaban J connectivity index is 2.85. The lowest BCUT2D eigenvalue weighted by molar-refractivity contribution is 0.0106. The molecule has 0 saturated carbocycles. The molecule has 32 heavy (non-hydrogen) atoms. The van der Waals surface area contributed by atoms with Gasteiger partial charge in [0.05, 0.1) is 11.1 Å². The SMILES string of the molecule is CCCCCCC(OC(=O)c1ccccc1C(=O)OC(CCCCCC)C(C)C)C(C)C. The summed E-state index contributed by atoms with van der Waals surface area (Å²) in [4.78, 5) is 26.0. The Kier molecular flexibility index (Phi) is 14.0. The van der Waals surface area contributed by atoms with Crippen LogP contribution in [-0.4, -0.2) is 24.1 Å². The topological polar surface area (TPSA) is 52.6 Å². The first kappa shape index (κ1) is 28.2. The Bertz CT molecular complexity index is 608. The van der Waals surface area contributed by atoms with Crippen molar-refractivity contribution in [2.75, 3.05) is 0 Å². The van der Waals surface area contributed by atoms with E-state index in [4.69, 9.17) is 9.47 Å². The molecule has 2 unspecified atom stereocenters. The second kappa shape index (κ2) is 15.9. The molecule has 0 amide bonds. The highest BCUT2D eigenvalue weighted by Crippen LogP contribution is 2.22. The lowest BCUT2D eigenvalue weighted by Crippen LogP contribution is -2.27. The molecule has 182 valence electrons. The summed E-state index contributed by atoms with van der Waals surface area (Å²) in [7, 11) is 0. The van der Waals surface area contributed by atoms with Gasteiger partial charge in [-0.25, -0.2) is 9.59 Å². The monoisotopic (exact) mass is 446 g/mol. The van der Waals surface area contributed by atoms with Crippen LogP contribution in [0.1, 0.15) is 126 Å². The fraction of sp³-hybridized carbons (Fsp3) is 0.714.